The zero-order chi connectivity index (χ0) is 12.1. The second-order valence-corrected chi connectivity index (χ2v) is 4.11. The van der Waals surface area contributed by atoms with Crippen LogP contribution >= 0.6 is 15.9 Å². The Hall–Kier alpha value is -1.36. The zero-order valence-corrected chi connectivity index (χ0v) is 10.3. The first-order valence-electron chi connectivity index (χ1n) is 4.84. The number of hydrogen-bond donors (Lipinski definition) is 2. The van der Waals surface area contributed by atoms with Crippen molar-refractivity contribution < 1.29 is 14.7 Å². The second kappa shape index (κ2) is 5.65. The van der Waals surface area contributed by atoms with Gasteiger partial charge in [0.05, 0.1) is 5.56 Å². The van der Waals surface area contributed by atoms with E-state index >= 15 is 0 Å². The van der Waals surface area contributed by atoms with Gasteiger partial charge in [0.1, 0.15) is 6.04 Å². The van der Waals surface area contributed by atoms with Gasteiger partial charge >= 0.3 is 5.97 Å². The largest absolute Gasteiger partial charge is 0.480 e. The van der Waals surface area contributed by atoms with E-state index in [1.54, 1.807) is 31.2 Å². The van der Waals surface area contributed by atoms with Crippen molar-refractivity contribution in [2.45, 2.75) is 19.4 Å². The molecule has 0 saturated carbocycles. The minimum absolute atomic E-state index is 0.353. The molecule has 1 unspecified atom stereocenters. The molecule has 5 heteroatoms. The Balaban J connectivity index is 2.80. The van der Waals surface area contributed by atoms with Gasteiger partial charge in [-0.25, -0.2) is 4.79 Å². The van der Waals surface area contributed by atoms with E-state index in [2.05, 4.69) is 21.2 Å². The summed E-state index contributed by atoms with van der Waals surface area (Å²) in [5.41, 5.74) is 0.433. The van der Waals surface area contributed by atoms with Crippen LogP contribution in [0.5, 0.6) is 0 Å². The molecule has 0 aromatic heterocycles. The minimum Gasteiger partial charge on any atom is -0.480 e. The van der Waals surface area contributed by atoms with Gasteiger partial charge < -0.3 is 10.4 Å². The van der Waals surface area contributed by atoms with Crippen LogP contribution in [0.4, 0.5) is 0 Å². The molecule has 1 atom stereocenters. The van der Waals surface area contributed by atoms with E-state index in [9.17, 15) is 9.59 Å². The molecular weight excluding hydrogens is 274 g/mol. The summed E-state index contributed by atoms with van der Waals surface area (Å²) in [7, 11) is 0. The average molecular weight is 286 g/mol. The third-order valence-corrected chi connectivity index (χ3v) is 2.82. The van der Waals surface area contributed by atoms with Crippen LogP contribution in [-0.4, -0.2) is 23.0 Å². The number of hydrogen-bond acceptors (Lipinski definition) is 2. The van der Waals surface area contributed by atoms with Gasteiger partial charge in [-0.2, -0.15) is 0 Å². The van der Waals surface area contributed by atoms with E-state index in [1.165, 1.54) is 0 Å². The molecule has 16 heavy (non-hydrogen) atoms. The summed E-state index contributed by atoms with van der Waals surface area (Å²) in [5.74, 6) is -1.41. The van der Waals surface area contributed by atoms with Crippen molar-refractivity contribution in [3.8, 4) is 0 Å². The quantitative estimate of drug-likeness (QED) is 0.890. The number of rotatable bonds is 4. The molecule has 1 rings (SSSR count). The van der Waals surface area contributed by atoms with Crippen molar-refractivity contribution in [3.63, 3.8) is 0 Å². The fourth-order valence-electron chi connectivity index (χ4n) is 1.22. The normalized spacial score (nSPS) is 11.9. The van der Waals surface area contributed by atoms with Gasteiger partial charge in [0.25, 0.3) is 5.91 Å². The molecular formula is C11H12BrNO3. The Bertz CT molecular complexity index is 406. The lowest BCUT2D eigenvalue weighted by atomic mass is 10.1. The number of amides is 1. The average Bonchev–Trinajstić information content (AvgIpc) is 2.25. The van der Waals surface area contributed by atoms with Crippen LogP contribution in [-0.2, 0) is 4.79 Å². The molecule has 0 aliphatic rings. The van der Waals surface area contributed by atoms with Gasteiger partial charge in [-0.3, -0.25) is 4.79 Å². The van der Waals surface area contributed by atoms with E-state index in [0.29, 0.717) is 16.5 Å². The lowest BCUT2D eigenvalue weighted by Crippen LogP contribution is -2.40. The number of carboxylic acid groups (broad SMARTS) is 1. The Morgan fingerprint density at radius 3 is 2.56 bits per heavy atom. The monoisotopic (exact) mass is 285 g/mol. The lowest BCUT2D eigenvalue weighted by Gasteiger charge is -2.12. The third-order valence-electron chi connectivity index (χ3n) is 2.13. The van der Waals surface area contributed by atoms with E-state index < -0.39 is 12.0 Å². The molecule has 0 heterocycles. The summed E-state index contributed by atoms with van der Waals surface area (Å²) < 4.78 is 0.646. The standard InChI is InChI=1S/C11H12BrNO3/c1-2-9(11(15)16)13-10(14)7-5-3-4-6-8(7)12/h3-6,9H,2H2,1H3,(H,13,14)(H,15,16). The van der Waals surface area contributed by atoms with Crippen LogP contribution in [0.1, 0.15) is 23.7 Å². The van der Waals surface area contributed by atoms with E-state index in [1.807, 2.05) is 0 Å². The molecule has 0 radical (unpaired) electrons. The Kier molecular flexibility index (Phi) is 4.49. The van der Waals surface area contributed by atoms with Gasteiger partial charge in [0, 0.05) is 4.47 Å². The molecule has 1 amide bonds. The maximum atomic E-state index is 11.7. The highest BCUT2D eigenvalue weighted by Crippen LogP contribution is 2.15. The molecule has 0 spiro atoms. The molecule has 0 saturated heterocycles. The van der Waals surface area contributed by atoms with Crippen LogP contribution in [0.25, 0.3) is 0 Å². The van der Waals surface area contributed by atoms with Crippen molar-refractivity contribution >= 4 is 27.8 Å². The number of carbonyl (C=O) groups is 2. The molecule has 0 aliphatic carbocycles. The zero-order valence-electron chi connectivity index (χ0n) is 8.74. The fourth-order valence-corrected chi connectivity index (χ4v) is 1.68. The topological polar surface area (TPSA) is 66.4 Å². The van der Waals surface area contributed by atoms with E-state index in [0.717, 1.165) is 0 Å². The van der Waals surface area contributed by atoms with Crippen LogP contribution in [0, 0.1) is 0 Å². The first-order chi connectivity index (χ1) is 7.56. The second-order valence-electron chi connectivity index (χ2n) is 3.25. The first-order valence-corrected chi connectivity index (χ1v) is 5.63. The maximum absolute atomic E-state index is 11.7. The van der Waals surface area contributed by atoms with Gasteiger partial charge in [0.2, 0.25) is 0 Å². The molecule has 2 N–H and O–H groups in total. The molecule has 1 aromatic rings. The van der Waals surface area contributed by atoms with Crippen LogP contribution in [0.2, 0.25) is 0 Å². The van der Waals surface area contributed by atoms with Gasteiger partial charge in [-0.15, -0.1) is 0 Å². The molecule has 0 aliphatic heterocycles. The molecule has 0 bridgehead atoms. The summed E-state index contributed by atoms with van der Waals surface area (Å²) >= 11 is 3.24. The summed E-state index contributed by atoms with van der Waals surface area (Å²) in [6, 6.07) is 6.03. The van der Waals surface area contributed by atoms with E-state index in [-0.39, 0.29) is 5.91 Å². The first kappa shape index (κ1) is 12.7. The summed E-state index contributed by atoms with van der Waals surface area (Å²) in [4.78, 5) is 22.5. The van der Waals surface area contributed by atoms with Crippen molar-refractivity contribution in [2.75, 3.05) is 0 Å². The van der Waals surface area contributed by atoms with Crippen LogP contribution < -0.4 is 5.32 Å². The Morgan fingerprint density at radius 2 is 2.06 bits per heavy atom. The van der Waals surface area contributed by atoms with Gasteiger partial charge in [0.15, 0.2) is 0 Å². The smallest absolute Gasteiger partial charge is 0.326 e. The maximum Gasteiger partial charge on any atom is 0.326 e. The molecule has 4 nitrogen and oxygen atoms in total. The summed E-state index contributed by atoms with van der Waals surface area (Å²) in [6.45, 7) is 1.71. The van der Waals surface area contributed by atoms with Gasteiger partial charge in [-0.05, 0) is 34.5 Å². The highest BCUT2D eigenvalue weighted by molar-refractivity contribution is 9.10. The predicted molar refractivity (Wildman–Crippen MR) is 63.3 cm³/mol. The Labute approximate surface area is 102 Å². The van der Waals surface area contributed by atoms with Crippen molar-refractivity contribution in [1.29, 1.82) is 0 Å². The number of aliphatic carboxylic acids is 1. The number of benzene rings is 1. The SMILES string of the molecule is CCC(NC(=O)c1ccccc1Br)C(=O)O. The predicted octanol–water partition coefficient (Wildman–Crippen LogP) is 2.04. The molecule has 0 fully saturated rings. The number of halogens is 1. The highest BCUT2D eigenvalue weighted by Gasteiger charge is 2.19. The lowest BCUT2D eigenvalue weighted by molar-refractivity contribution is -0.139. The van der Waals surface area contributed by atoms with Crippen molar-refractivity contribution in [3.05, 3.63) is 34.3 Å². The molecule has 1 aromatic carbocycles. The highest BCUT2D eigenvalue weighted by atomic mass is 79.9. The number of carbonyl (C=O) groups excluding carboxylic acids is 1. The van der Waals surface area contributed by atoms with Crippen molar-refractivity contribution in [2.24, 2.45) is 0 Å². The summed E-state index contributed by atoms with van der Waals surface area (Å²) in [5, 5.41) is 11.3. The van der Waals surface area contributed by atoms with Crippen molar-refractivity contribution in [1.82, 2.24) is 5.32 Å². The molecule has 86 valence electrons. The summed E-state index contributed by atoms with van der Waals surface area (Å²) in [6.07, 6.45) is 0.353. The van der Waals surface area contributed by atoms with Crippen LogP contribution in [0.3, 0.4) is 0 Å². The van der Waals surface area contributed by atoms with Crippen LogP contribution in [0.15, 0.2) is 28.7 Å². The fraction of sp³-hybridized carbons (Fsp3) is 0.273. The Morgan fingerprint density at radius 1 is 1.44 bits per heavy atom. The third kappa shape index (κ3) is 3.06. The number of carboxylic acids is 1. The van der Waals surface area contributed by atoms with E-state index in [4.69, 9.17) is 5.11 Å². The minimum atomic E-state index is -1.03. The van der Waals surface area contributed by atoms with Gasteiger partial charge in [-0.1, -0.05) is 19.1 Å². The number of nitrogens with one attached hydrogen (secondary N) is 1.